The molecular formula is C27H34N4O5. The quantitative estimate of drug-likeness (QED) is 0.418. The number of carbonyl (C=O) groups is 2. The highest BCUT2D eigenvalue weighted by atomic mass is 16.5. The summed E-state index contributed by atoms with van der Waals surface area (Å²) in [5.74, 6) is 1.12. The Balaban J connectivity index is 1.83. The smallest absolute Gasteiger partial charge is 0.407 e. The molecule has 0 fully saturated rings. The lowest BCUT2D eigenvalue weighted by atomic mass is 10.1. The number of hydrogen-bond acceptors (Lipinski definition) is 5. The average molecular weight is 495 g/mol. The van der Waals surface area contributed by atoms with Crippen molar-refractivity contribution < 1.29 is 24.2 Å². The summed E-state index contributed by atoms with van der Waals surface area (Å²) >= 11 is 0. The SMILES string of the molecule is CCCNC(=O)c1cc(-c2ccc(OCCN(C(=O)O)C(C)(C)C)cc2)n(-c2ccc(OC)cc2)n1. The monoisotopic (exact) mass is 494 g/mol. The zero-order chi connectivity index (χ0) is 26.3. The van der Waals surface area contributed by atoms with Crippen molar-refractivity contribution >= 4 is 12.0 Å². The van der Waals surface area contributed by atoms with Crippen LogP contribution in [0.25, 0.3) is 16.9 Å². The fourth-order valence-electron chi connectivity index (χ4n) is 3.64. The van der Waals surface area contributed by atoms with Crippen molar-refractivity contribution in [3.8, 4) is 28.4 Å². The van der Waals surface area contributed by atoms with Crippen LogP contribution in [0.3, 0.4) is 0 Å². The average Bonchev–Trinajstić information content (AvgIpc) is 3.30. The molecule has 1 aromatic heterocycles. The molecule has 0 aliphatic heterocycles. The van der Waals surface area contributed by atoms with Crippen LogP contribution in [0.1, 0.15) is 44.6 Å². The molecule has 2 N–H and O–H groups in total. The summed E-state index contributed by atoms with van der Waals surface area (Å²) in [5.41, 5.74) is 2.20. The van der Waals surface area contributed by atoms with E-state index in [-0.39, 0.29) is 19.1 Å². The Labute approximate surface area is 211 Å². The Kier molecular flexibility index (Phi) is 8.58. The van der Waals surface area contributed by atoms with Crippen molar-refractivity contribution in [2.24, 2.45) is 0 Å². The molecule has 0 unspecified atom stereocenters. The Hall–Kier alpha value is -4.01. The molecule has 9 heteroatoms. The van der Waals surface area contributed by atoms with Gasteiger partial charge in [0, 0.05) is 17.6 Å². The van der Waals surface area contributed by atoms with Crippen LogP contribution in [-0.4, -0.2) is 64.1 Å². The van der Waals surface area contributed by atoms with E-state index in [0.29, 0.717) is 18.0 Å². The molecule has 1 heterocycles. The molecule has 9 nitrogen and oxygen atoms in total. The van der Waals surface area contributed by atoms with Gasteiger partial charge in [-0.05, 0) is 81.8 Å². The lowest BCUT2D eigenvalue weighted by Crippen LogP contribution is -2.46. The van der Waals surface area contributed by atoms with Crippen LogP contribution in [0.4, 0.5) is 4.79 Å². The zero-order valence-corrected chi connectivity index (χ0v) is 21.4. The lowest BCUT2D eigenvalue weighted by molar-refractivity contribution is 0.0891. The van der Waals surface area contributed by atoms with E-state index in [1.807, 2.05) is 76.2 Å². The predicted molar refractivity (Wildman–Crippen MR) is 138 cm³/mol. The van der Waals surface area contributed by atoms with Crippen LogP contribution in [0.5, 0.6) is 11.5 Å². The third kappa shape index (κ3) is 6.56. The Morgan fingerprint density at radius 3 is 2.25 bits per heavy atom. The second-order valence-corrected chi connectivity index (χ2v) is 9.26. The number of nitrogens with one attached hydrogen (secondary N) is 1. The van der Waals surface area contributed by atoms with E-state index >= 15 is 0 Å². The number of amides is 2. The van der Waals surface area contributed by atoms with Crippen molar-refractivity contribution in [3.63, 3.8) is 0 Å². The van der Waals surface area contributed by atoms with Crippen LogP contribution in [0.2, 0.25) is 0 Å². The molecule has 0 saturated heterocycles. The van der Waals surface area contributed by atoms with Gasteiger partial charge < -0.3 is 24.8 Å². The number of hydrogen-bond donors (Lipinski definition) is 2. The first-order chi connectivity index (χ1) is 17.1. The first-order valence-electron chi connectivity index (χ1n) is 11.9. The summed E-state index contributed by atoms with van der Waals surface area (Å²) in [5, 5.41) is 16.9. The van der Waals surface area contributed by atoms with Gasteiger partial charge in [0.1, 0.15) is 18.1 Å². The van der Waals surface area contributed by atoms with Gasteiger partial charge in [-0.15, -0.1) is 0 Å². The maximum atomic E-state index is 12.6. The minimum absolute atomic E-state index is 0.229. The van der Waals surface area contributed by atoms with Gasteiger partial charge in [0.15, 0.2) is 5.69 Å². The maximum Gasteiger partial charge on any atom is 0.407 e. The number of ether oxygens (including phenoxy) is 2. The molecule has 3 aromatic rings. The van der Waals surface area contributed by atoms with Gasteiger partial charge in [0.25, 0.3) is 5.91 Å². The van der Waals surface area contributed by atoms with Crippen LogP contribution < -0.4 is 14.8 Å². The van der Waals surface area contributed by atoms with Gasteiger partial charge in [0.05, 0.1) is 25.0 Å². The van der Waals surface area contributed by atoms with Crippen molar-refractivity contribution in [3.05, 3.63) is 60.3 Å². The fraction of sp³-hybridized carbons (Fsp3) is 0.370. The molecule has 2 amide bonds. The van der Waals surface area contributed by atoms with Crippen molar-refractivity contribution in [2.75, 3.05) is 26.8 Å². The third-order valence-corrected chi connectivity index (χ3v) is 5.57. The summed E-state index contributed by atoms with van der Waals surface area (Å²) in [7, 11) is 1.61. The number of aromatic nitrogens is 2. The number of nitrogens with zero attached hydrogens (tertiary/aromatic N) is 3. The van der Waals surface area contributed by atoms with Gasteiger partial charge in [0.2, 0.25) is 0 Å². The second kappa shape index (κ2) is 11.6. The molecule has 0 aliphatic carbocycles. The summed E-state index contributed by atoms with van der Waals surface area (Å²) in [6.45, 7) is 8.59. The number of carbonyl (C=O) groups excluding carboxylic acids is 1. The third-order valence-electron chi connectivity index (χ3n) is 5.57. The standard InChI is InChI=1S/C27H34N4O5/c1-6-15-28-25(32)23-18-24(31(29-23)20-9-13-21(35-5)14-10-20)19-7-11-22(12-8-19)36-17-16-30(26(33)34)27(2,3)4/h7-14,18H,6,15-17H2,1-5H3,(H,28,32)(H,33,34). The molecular weight excluding hydrogens is 460 g/mol. The molecule has 36 heavy (non-hydrogen) atoms. The molecule has 0 bridgehead atoms. The van der Waals surface area contributed by atoms with Crippen molar-refractivity contribution in [2.45, 2.75) is 39.7 Å². The molecule has 3 rings (SSSR count). The minimum Gasteiger partial charge on any atom is -0.497 e. The molecule has 192 valence electrons. The van der Waals surface area contributed by atoms with E-state index in [4.69, 9.17) is 9.47 Å². The van der Waals surface area contributed by atoms with Crippen LogP contribution in [0.15, 0.2) is 54.6 Å². The molecule has 0 spiro atoms. The van der Waals surface area contributed by atoms with Crippen molar-refractivity contribution in [1.82, 2.24) is 20.0 Å². The van der Waals surface area contributed by atoms with Gasteiger partial charge in [-0.25, -0.2) is 9.48 Å². The molecule has 0 atom stereocenters. The Morgan fingerprint density at radius 2 is 1.69 bits per heavy atom. The first kappa shape index (κ1) is 26.6. The topological polar surface area (TPSA) is 106 Å². The van der Waals surface area contributed by atoms with Gasteiger partial charge >= 0.3 is 6.09 Å². The van der Waals surface area contributed by atoms with E-state index in [0.717, 1.165) is 29.1 Å². The van der Waals surface area contributed by atoms with Gasteiger partial charge in [-0.2, -0.15) is 5.10 Å². The molecule has 0 saturated carbocycles. The largest absolute Gasteiger partial charge is 0.497 e. The molecule has 2 aromatic carbocycles. The highest BCUT2D eigenvalue weighted by molar-refractivity contribution is 5.93. The zero-order valence-electron chi connectivity index (χ0n) is 21.4. The van der Waals surface area contributed by atoms with Crippen LogP contribution >= 0.6 is 0 Å². The van der Waals surface area contributed by atoms with E-state index in [1.165, 1.54) is 4.90 Å². The summed E-state index contributed by atoms with van der Waals surface area (Å²) in [4.78, 5) is 25.5. The van der Waals surface area contributed by atoms with Gasteiger partial charge in [-0.3, -0.25) is 4.79 Å². The lowest BCUT2D eigenvalue weighted by Gasteiger charge is -2.32. The predicted octanol–water partition coefficient (Wildman–Crippen LogP) is 4.85. The van der Waals surface area contributed by atoms with Crippen molar-refractivity contribution in [1.29, 1.82) is 0 Å². The number of methoxy groups -OCH3 is 1. The highest BCUT2D eigenvalue weighted by Gasteiger charge is 2.25. The minimum atomic E-state index is -0.980. The summed E-state index contributed by atoms with van der Waals surface area (Å²) < 4.78 is 12.8. The van der Waals surface area contributed by atoms with E-state index in [9.17, 15) is 14.7 Å². The Morgan fingerprint density at radius 1 is 1.06 bits per heavy atom. The fourth-order valence-corrected chi connectivity index (χ4v) is 3.64. The maximum absolute atomic E-state index is 12.6. The van der Waals surface area contributed by atoms with E-state index in [1.54, 1.807) is 17.9 Å². The number of benzene rings is 2. The summed E-state index contributed by atoms with van der Waals surface area (Å²) in [6.07, 6.45) is -0.147. The van der Waals surface area contributed by atoms with Crippen LogP contribution in [-0.2, 0) is 0 Å². The van der Waals surface area contributed by atoms with E-state index < -0.39 is 11.6 Å². The summed E-state index contributed by atoms with van der Waals surface area (Å²) in [6, 6.07) is 16.6. The number of carboxylic acid groups (broad SMARTS) is 1. The molecule has 0 radical (unpaired) electrons. The Bertz CT molecular complexity index is 1160. The number of rotatable bonds is 10. The normalized spacial score (nSPS) is 11.1. The highest BCUT2D eigenvalue weighted by Crippen LogP contribution is 2.27. The molecule has 0 aliphatic rings. The van der Waals surface area contributed by atoms with E-state index in [2.05, 4.69) is 10.4 Å². The first-order valence-corrected chi connectivity index (χ1v) is 11.9. The second-order valence-electron chi connectivity index (χ2n) is 9.26. The van der Waals surface area contributed by atoms with Crippen LogP contribution in [0, 0.1) is 0 Å². The van der Waals surface area contributed by atoms with Gasteiger partial charge in [-0.1, -0.05) is 6.92 Å².